The van der Waals surface area contributed by atoms with Crippen molar-refractivity contribution in [2.45, 2.75) is 53.2 Å². The van der Waals surface area contributed by atoms with Crippen LogP contribution >= 0.6 is 0 Å². The van der Waals surface area contributed by atoms with Crippen LogP contribution in [0.3, 0.4) is 0 Å². The second kappa shape index (κ2) is 6.66. The van der Waals surface area contributed by atoms with Gasteiger partial charge in [0.15, 0.2) is 0 Å². The van der Waals surface area contributed by atoms with Gasteiger partial charge < -0.3 is 9.88 Å². The second-order valence-corrected chi connectivity index (χ2v) is 5.48. The van der Waals surface area contributed by atoms with Crippen molar-refractivity contribution in [3.63, 3.8) is 0 Å². The largest absolute Gasteiger partial charge is 0.335 e. The number of imidazole rings is 1. The lowest BCUT2D eigenvalue weighted by Crippen LogP contribution is -2.27. The third-order valence-electron chi connectivity index (χ3n) is 3.78. The van der Waals surface area contributed by atoms with E-state index in [1.165, 1.54) is 11.1 Å². The van der Waals surface area contributed by atoms with Crippen LogP contribution in [-0.2, 0) is 13.1 Å². The van der Waals surface area contributed by atoms with Crippen molar-refractivity contribution in [2.24, 2.45) is 0 Å². The van der Waals surface area contributed by atoms with E-state index in [1.54, 1.807) is 0 Å². The zero-order chi connectivity index (χ0) is 14.5. The molecular weight excluding hydrogens is 248 g/mol. The lowest BCUT2D eigenvalue weighted by Gasteiger charge is -2.15. The molecule has 0 radical (unpaired) electrons. The van der Waals surface area contributed by atoms with Gasteiger partial charge in [-0.2, -0.15) is 0 Å². The van der Waals surface area contributed by atoms with Gasteiger partial charge >= 0.3 is 0 Å². The van der Waals surface area contributed by atoms with E-state index in [0.717, 1.165) is 31.0 Å². The maximum atomic E-state index is 4.40. The Morgan fingerprint density at radius 3 is 2.70 bits per heavy atom. The summed E-state index contributed by atoms with van der Waals surface area (Å²) in [5.41, 5.74) is 3.61. The van der Waals surface area contributed by atoms with Crippen molar-refractivity contribution >= 4 is 0 Å². The molecule has 108 valence electrons. The lowest BCUT2D eigenvalue weighted by atomic mass is 10.1. The summed E-state index contributed by atoms with van der Waals surface area (Å²) in [6.07, 6.45) is 6.95. The van der Waals surface area contributed by atoms with Crippen LogP contribution in [0.1, 0.15) is 36.0 Å². The van der Waals surface area contributed by atoms with Crippen LogP contribution in [-0.4, -0.2) is 20.6 Å². The summed E-state index contributed by atoms with van der Waals surface area (Å²) < 4.78 is 2.19. The molecule has 0 amide bonds. The predicted octanol–water partition coefficient (Wildman–Crippen LogP) is 2.77. The fourth-order valence-corrected chi connectivity index (χ4v) is 2.16. The predicted molar refractivity (Wildman–Crippen MR) is 81.6 cm³/mol. The standard InChI is InChI=1S/C16H24N4/c1-12-9-16(11-19-14(12)3)10-18-13(2)5-7-20-8-6-17-15(20)4/h6,8-9,11,13,18H,5,7,10H2,1-4H3. The summed E-state index contributed by atoms with van der Waals surface area (Å²) in [5.74, 6) is 1.08. The molecule has 0 aliphatic heterocycles. The van der Waals surface area contributed by atoms with E-state index >= 15 is 0 Å². The Hall–Kier alpha value is -1.68. The van der Waals surface area contributed by atoms with Crippen molar-refractivity contribution in [2.75, 3.05) is 0 Å². The van der Waals surface area contributed by atoms with E-state index in [4.69, 9.17) is 0 Å². The summed E-state index contributed by atoms with van der Waals surface area (Å²) in [5, 5.41) is 3.55. The molecule has 0 aliphatic rings. The van der Waals surface area contributed by atoms with Gasteiger partial charge in [-0.05, 0) is 45.2 Å². The minimum absolute atomic E-state index is 0.471. The maximum Gasteiger partial charge on any atom is 0.105 e. The number of hydrogen-bond acceptors (Lipinski definition) is 3. The number of nitrogens with one attached hydrogen (secondary N) is 1. The van der Waals surface area contributed by atoms with E-state index < -0.39 is 0 Å². The highest BCUT2D eigenvalue weighted by atomic mass is 15.1. The topological polar surface area (TPSA) is 42.7 Å². The van der Waals surface area contributed by atoms with Gasteiger partial charge in [-0.3, -0.25) is 4.98 Å². The third kappa shape index (κ3) is 3.90. The van der Waals surface area contributed by atoms with Crippen LogP contribution in [0.15, 0.2) is 24.7 Å². The smallest absolute Gasteiger partial charge is 0.105 e. The first-order valence-corrected chi connectivity index (χ1v) is 7.19. The first-order chi connectivity index (χ1) is 9.56. The molecule has 4 heteroatoms. The molecule has 0 fully saturated rings. The molecule has 0 aromatic carbocycles. The molecule has 0 saturated heterocycles. The van der Waals surface area contributed by atoms with Gasteiger partial charge in [-0.15, -0.1) is 0 Å². The van der Waals surface area contributed by atoms with Gasteiger partial charge in [0.1, 0.15) is 5.82 Å². The summed E-state index contributed by atoms with van der Waals surface area (Å²) >= 11 is 0. The van der Waals surface area contributed by atoms with Gasteiger partial charge in [-0.25, -0.2) is 4.98 Å². The fourth-order valence-electron chi connectivity index (χ4n) is 2.16. The van der Waals surface area contributed by atoms with Gasteiger partial charge in [0.25, 0.3) is 0 Å². The quantitative estimate of drug-likeness (QED) is 0.879. The molecule has 2 rings (SSSR count). The average Bonchev–Trinajstić information content (AvgIpc) is 2.83. The Balaban J connectivity index is 1.78. The second-order valence-electron chi connectivity index (χ2n) is 5.48. The molecule has 0 saturated carbocycles. The first-order valence-electron chi connectivity index (χ1n) is 7.19. The van der Waals surface area contributed by atoms with Crippen LogP contribution in [0.25, 0.3) is 0 Å². The number of pyridine rings is 1. The van der Waals surface area contributed by atoms with Gasteiger partial charge in [-0.1, -0.05) is 6.07 Å². The average molecular weight is 272 g/mol. The molecule has 20 heavy (non-hydrogen) atoms. The Bertz CT molecular complexity index is 559. The Morgan fingerprint density at radius 2 is 2.05 bits per heavy atom. The van der Waals surface area contributed by atoms with Gasteiger partial charge in [0.2, 0.25) is 0 Å². The highest BCUT2D eigenvalue weighted by Gasteiger charge is 2.04. The molecule has 1 N–H and O–H groups in total. The molecule has 0 spiro atoms. The molecule has 1 atom stereocenters. The molecule has 2 aromatic heterocycles. The van der Waals surface area contributed by atoms with Crippen molar-refractivity contribution in [3.8, 4) is 0 Å². The summed E-state index contributed by atoms with van der Waals surface area (Å²) in [6, 6.07) is 2.68. The molecule has 0 bridgehead atoms. The molecule has 2 heterocycles. The normalized spacial score (nSPS) is 12.6. The van der Waals surface area contributed by atoms with Crippen molar-refractivity contribution in [1.82, 2.24) is 19.9 Å². The minimum atomic E-state index is 0.471. The lowest BCUT2D eigenvalue weighted by molar-refractivity contribution is 0.471. The van der Waals surface area contributed by atoms with E-state index in [-0.39, 0.29) is 0 Å². The molecular formula is C16H24N4. The van der Waals surface area contributed by atoms with Gasteiger partial charge in [0.05, 0.1) is 0 Å². The number of aryl methyl sites for hydroxylation is 4. The highest BCUT2D eigenvalue weighted by Crippen LogP contribution is 2.07. The monoisotopic (exact) mass is 272 g/mol. The first kappa shape index (κ1) is 14.7. The summed E-state index contributed by atoms with van der Waals surface area (Å²) in [4.78, 5) is 8.64. The maximum absolute atomic E-state index is 4.40. The van der Waals surface area contributed by atoms with Gasteiger partial charge in [0, 0.05) is 43.4 Å². The third-order valence-corrected chi connectivity index (χ3v) is 3.78. The Kier molecular flexibility index (Phi) is 4.90. The van der Waals surface area contributed by atoms with Crippen LogP contribution in [0.5, 0.6) is 0 Å². The van der Waals surface area contributed by atoms with Crippen LogP contribution in [0.4, 0.5) is 0 Å². The minimum Gasteiger partial charge on any atom is -0.335 e. The zero-order valence-corrected chi connectivity index (χ0v) is 12.8. The van der Waals surface area contributed by atoms with E-state index in [9.17, 15) is 0 Å². The number of hydrogen-bond donors (Lipinski definition) is 1. The SMILES string of the molecule is Cc1cc(CNC(C)CCn2ccnc2C)cnc1C. The molecule has 4 nitrogen and oxygen atoms in total. The number of nitrogens with zero attached hydrogens (tertiary/aromatic N) is 3. The number of rotatable bonds is 6. The fraction of sp³-hybridized carbons (Fsp3) is 0.500. The van der Waals surface area contributed by atoms with Crippen LogP contribution in [0, 0.1) is 20.8 Å². The summed E-state index contributed by atoms with van der Waals surface area (Å²) in [7, 11) is 0. The Morgan fingerprint density at radius 1 is 1.25 bits per heavy atom. The molecule has 2 aromatic rings. The zero-order valence-electron chi connectivity index (χ0n) is 12.8. The highest BCUT2D eigenvalue weighted by molar-refractivity contribution is 5.22. The van der Waals surface area contributed by atoms with E-state index in [2.05, 4.69) is 39.8 Å². The molecule has 1 unspecified atom stereocenters. The van der Waals surface area contributed by atoms with Crippen molar-refractivity contribution in [3.05, 3.63) is 47.3 Å². The van der Waals surface area contributed by atoms with Crippen molar-refractivity contribution < 1.29 is 0 Å². The van der Waals surface area contributed by atoms with Crippen LogP contribution in [0.2, 0.25) is 0 Å². The van der Waals surface area contributed by atoms with E-state index in [0.29, 0.717) is 6.04 Å². The van der Waals surface area contributed by atoms with Crippen molar-refractivity contribution in [1.29, 1.82) is 0 Å². The Labute approximate surface area is 121 Å². The van der Waals surface area contributed by atoms with Crippen LogP contribution < -0.4 is 5.32 Å². The summed E-state index contributed by atoms with van der Waals surface area (Å²) in [6.45, 7) is 10.3. The van der Waals surface area contributed by atoms with E-state index in [1.807, 2.05) is 32.4 Å². The number of aromatic nitrogens is 3. The molecule has 0 aliphatic carbocycles.